The number of hydrogen-bond acceptors (Lipinski definition) is 2. The number of rotatable bonds is 3. The Kier molecular flexibility index (Phi) is 3.74. The maximum absolute atomic E-state index is 12.7. The summed E-state index contributed by atoms with van der Waals surface area (Å²) in [5, 5.41) is 11.5. The van der Waals surface area contributed by atoms with Gasteiger partial charge in [-0.1, -0.05) is 0 Å². The Balaban J connectivity index is 2.14. The van der Waals surface area contributed by atoms with Crippen molar-refractivity contribution in [2.75, 3.05) is 5.32 Å². The molecule has 5 heteroatoms. The van der Waals surface area contributed by atoms with Crippen LogP contribution in [0, 0.1) is 17.1 Å². The van der Waals surface area contributed by atoms with E-state index in [0.29, 0.717) is 11.4 Å². The molecule has 0 unspecified atom stereocenters. The van der Waals surface area contributed by atoms with E-state index in [1.54, 1.807) is 18.3 Å². The van der Waals surface area contributed by atoms with Crippen LogP contribution < -0.4 is 5.32 Å². The Hall–Kier alpha value is -2.87. The Morgan fingerprint density at radius 3 is 2.63 bits per heavy atom. The van der Waals surface area contributed by atoms with Crippen molar-refractivity contribution in [1.29, 1.82) is 5.26 Å². The highest BCUT2D eigenvalue weighted by atomic mass is 19.1. The number of aromatic amines is 1. The first-order valence-electron chi connectivity index (χ1n) is 5.51. The average molecular weight is 255 g/mol. The number of nitriles is 1. The van der Waals surface area contributed by atoms with Gasteiger partial charge in [0, 0.05) is 17.6 Å². The molecule has 0 aliphatic rings. The molecule has 1 heterocycles. The molecular weight excluding hydrogens is 245 g/mol. The van der Waals surface area contributed by atoms with E-state index in [9.17, 15) is 9.18 Å². The van der Waals surface area contributed by atoms with Crippen LogP contribution in [0.2, 0.25) is 0 Å². The third-order valence-corrected chi connectivity index (χ3v) is 2.39. The molecule has 2 aromatic rings. The molecular formula is C14H10FN3O. The number of benzene rings is 1. The minimum atomic E-state index is -0.538. The summed E-state index contributed by atoms with van der Waals surface area (Å²) in [6.07, 6.45) is 3.14. The highest BCUT2D eigenvalue weighted by molar-refractivity contribution is 6.09. The molecule has 1 amide bonds. The van der Waals surface area contributed by atoms with E-state index in [2.05, 4.69) is 10.3 Å². The molecule has 0 fully saturated rings. The summed E-state index contributed by atoms with van der Waals surface area (Å²) in [6.45, 7) is 0. The maximum atomic E-state index is 12.7. The number of nitrogens with one attached hydrogen (secondary N) is 2. The van der Waals surface area contributed by atoms with Crippen LogP contribution in [0.3, 0.4) is 0 Å². The van der Waals surface area contributed by atoms with Crippen LogP contribution in [0.5, 0.6) is 0 Å². The van der Waals surface area contributed by atoms with Gasteiger partial charge in [0.25, 0.3) is 5.91 Å². The van der Waals surface area contributed by atoms with Crippen molar-refractivity contribution in [3.8, 4) is 6.07 Å². The van der Waals surface area contributed by atoms with Gasteiger partial charge in [0.2, 0.25) is 0 Å². The predicted octanol–water partition coefficient (Wildman–Crippen LogP) is 2.70. The lowest BCUT2D eigenvalue weighted by Gasteiger charge is -2.03. The first kappa shape index (κ1) is 12.6. The highest BCUT2D eigenvalue weighted by Gasteiger charge is 2.09. The van der Waals surface area contributed by atoms with Crippen molar-refractivity contribution in [1.82, 2.24) is 4.98 Å². The fourth-order valence-corrected chi connectivity index (χ4v) is 1.47. The lowest BCUT2D eigenvalue weighted by molar-refractivity contribution is -0.112. The standard InChI is InChI=1S/C14H10FN3O/c15-11-3-5-12(6-4-11)18-14(19)10(9-16)8-13-2-1-7-17-13/h1-8,17H,(H,18,19). The molecule has 4 nitrogen and oxygen atoms in total. The minimum absolute atomic E-state index is 0.0354. The van der Waals surface area contributed by atoms with Gasteiger partial charge in [-0.15, -0.1) is 0 Å². The zero-order chi connectivity index (χ0) is 13.7. The second kappa shape index (κ2) is 5.65. The summed E-state index contributed by atoms with van der Waals surface area (Å²) >= 11 is 0. The predicted molar refractivity (Wildman–Crippen MR) is 69.4 cm³/mol. The van der Waals surface area contributed by atoms with Gasteiger partial charge in [-0.3, -0.25) is 4.79 Å². The Morgan fingerprint density at radius 2 is 2.05 bits per heavy atom. The molecule has 19 heavy (non-hydrogen) atoms. The van der Waals surface area contributed by atoms with Gasteiger partial charge < -0.3 is 10.3 Å². The fraction of sp³-hybridized carbons (Fsp3) is 0. The third kappa shape index (κ3) is 3.30. The van der Waals surface area contributed by atoms with E-state index in [0.717, 1.165) is 0 Å². The van der Waals surface area contributed by atoms with Gasteiger partial charge in [0.1, 0.15) is 17.5 Å². The lowest BCUT2D eigenvalue weighted by Crippen LogP contribution is -2.13. The van der Waals surface area contributed by atoms with Gasteiger partial charge in [0.15, 0.2) is 0 Å². The molecule has 1 aromatic carbocycles. The molecule has 2 N–H and O–H groups in total. The number of amides is 1. The Morgan fingerprint density at radius 1 is 1.32 bits per heavy atom. The summed E-state index contributed by atoms with van der Waals surface area (Å²) < 4.78 is 12.7. The van der Waals surface area contributed by atoms with E-state index >= 15 is 0 Å². The largest absolute Gasteiger partial charge is 0.362 e. The van der Waals surface area contributed by atoms with Crippen LogP contribution in [-0.2, 0) is 4.79 Å². The molecule has 0 spiro atoms. The second-order valence-corrected chi connectivity index (χ2v) is 3.76. The monoisotopic (exact) mass is 255 g/mol. The van der Waals surface area contributed by atoms with Crippen molar-refractivity contribution in [3.63, 3.8) is 0 Å². The number of halogens is 1. The molecule has 0 saturated heterocycles. The minimum Gasteiger partial charge on any atom is -0.362 e. The SMILES string of the molecule is N#CC(=Cc1ccc[nH]1)C(=O)Nc1ccc(F)cc1. The second-order valence-electron chi connectivity index (χ2n) is 3.76. The van der Waals surface area contributed by atoms with Crippen LogP contribution in [-0.4, -0.2) is 10.9 Å². The van der Waals surface area contributed by atoms with Crippen molar-refractivity contribution in [2.45, 2.75) is 0 Å². The van der Waals surface area contributed by atoms with Gasteiger partial charge >= 0.3 is 0 Å². The number of hydrogen-bond donors (Lipinski definition) is 2. The van der Waals surface area contributed by atoms with Crippen molar-refractivity contribution in [3.05, 3.63) is 59.7 Å². The van der Waals surface area contributed by atoms with Crippen LogP contribution in [0.1, 0.15) is 5.69 Å². The molecule has 0 bridgehead atoms. The summed E-state index contributed by atoms with van der Waals surface area (Å²) in [4.78, 5) is 14.7. The zero-order valence-electron chi connectivity index (χ0n) is 9.85. The number of carbonyl (C=O) groups is 1. The zero-order valence-corrected chi connectivity index (χ0v) is 9.85. The van der Waals surface area contributed by atoms with Crippen LogP contribution in [0.15, 0.2) is 48.2 Å². The van der Waals surface area contributed by atoms with Gasteiger partial charge in [-0.05, 0) is 42.5 Å². The number of nitrogens with zero attached hydrogens (tertiary/aromatic N) is 1. The molecule has 0 aliphatic heterocycles. The summed E-state index contributed by atoms with van der Waals surface area (Å²) in [7, 11) is 0. The first-order chi connectivity index (χ1) is 9.19. The van der Waals surface area contributed by atoms with Crippen LogP contribution in [0.4, 0.5) is 10.1 Å². The van der Waals surface area contributed by atoms with E-state index in [1.807, 2.05) is 6.07 Å². The number of anilines is 1. The van der Waals surface area contributed by atoms with Gasteiger partial charge in [-0.2, -0.15) is 5.26 Å². The van der Waals surface area contributed by atoms with E-state index in [1.165, 1.54) is 30.3 Å². The summed E-state index contributed by atoms with van der Waals surface area (Å²) in [5.74, 6) is -0.927. The average Bonchev–Trinajstić information content (AvgIpc) is 2.91. The molecule has 2 rings (SSSR count). The van der Waals surface area contributed by atoms with E-state index in [-0.39, 0.29) is 11.4 Å². The quantitative estimate of drug-likeness (QED) is 0.654. The molecule has 0 atom stereocenters. The van der Waals surface area contributed by atoms with Crippen molar-refractivity contribution < 1.29 is 9.18 Å². The molecule has 0 aliphatic carbocycles. The van der Waals surface area contributed by atoms with Crippen LogP contribution >= 0.6 is 0 Å². The number of carbonyl (C=O) groups excluding carboxylic acids is 1. The molecule has 0 radical (unpaired) electrons. The molecule has 1 aromatic heterocycles. The van der Waals surface area contributed by atoms with Crippen molar-refractivity contribution >= 4 is 17.7 Å². The number of H-pyrrole nitrogens is 1. The topological polar surface area (TPSA) is 68.7 Å². The fourth-order valence-electron chi connectivity index (χ4n) is 1.47. The molecule has 0 saturated carbocycles. The molecule has 94 valence electrons. The third-order valence-electron chi connectivity index (χ3n) is 2.39. The van der Waals surface area contributed by atoms with Crippen molar-refractivity contribution in [2.24, 2.45) is 0 Å². The first-order valence-corrected chi connectivity index (χ1v) is 5.51. The number of aromatic nitrogens is 1. The maximum Gasteiger partial charge on any atom is 0.266 e. The normalized spacial score (nSPS) is 10.8. The smallest absolute Gasteiger partial charge is 0.266 e. The van der Waals surface area contributed by atoms with Gasteiger partial charge in [0.05, 0.1) is 0 Å². The summed E-state index contributed by atoms with van der Waals surface area (Å²) in [5.41, 5.74) is 1.05. The van der Waals surface area contributed by atoms with Gasteiger partial charge in [-0.25, -0.2) is 4.39 Å². The van der Waals surface area contributed by atoms with E-state index in [4.69, 9.17) is 5.26 Å². The van der Waals surface area contributed by atoms with Crippen LogP contribution in [0.25, 0.3) is 6.08 Å². The Labute approximate surface area is 109 Å². The Bertz CT molecular complexity index is 636. The highest BCUT2D eigenvalue weighted by Crippen LogP contribution is 2.11. The lowest BCUT2D eigenvalue weighted by atomic mass is 10.2. The summed E-state index contributed by atoms with van der Waals surface area (Å²) in [6, 6.07) is 10.6. The van der Waals surface area contributed by atoms with E-state index < -0.39 is 5.91 Å².